The first-order valence-electron chi connectivity index (χ1n) is 9.77. The number of quaternary nitrogens is 1. The number of Topliss-reactive ketones (excluding diaryl/α,β-unsaturated/α-hetero) is 1. The highest BCUT2D eigenvalue weighted by molar-refractivity contribution is 5.87. The lowest BCUT2D eigenvalue weighted by atomic mass is 9.45. The maximum absolute atomic E-state index is 12.4. The molecule has 4 rings (SSSR count). The van der Waals surface area contributed by atoms with E-state index in [0.29, 0.717) is 29.0 Å². The third-order valence-electron chi connectivity index (χ3n) is 8.49. The third kappa shape index (κ3) is 2.33. The van der Waals surface area contributed by atoms with Crippen LogP contribution in [0.3, 0.4) is 0 Å². The Balaban J connectivity index is 1.58. The molecule has 0 aromatic heterocycles. The molecule has 1 unspecified atom stereocenters. The standard InChI is InChI=1S/C20H31NO3/c1-19-9-7-13(12-21(23)24)11-14(19)3-4-15-16-5-6-18(22)20(16,2)10-8-17(15)19/h7,14-17,21,23H,3-6,8-12H2,1-2H3/t14-,15+,16-,17+,19-,20-/m0/s1. The Morgan fingerprint density at radius 1 is 1.25 bits per heavy atom. The van der Waals surface area contributed by atoms with E-state index in [-0.39, 0.29) is 12.0 Å². The molecule has 0 radical (unpaired) electrons. The molecule has 4 nitrogen and oxygen atoms in total. The Morgan fingerprint density at radius 3 is 2.79 bits per heavy atom. The normalized spacial score (nSPS) is 49.0. The van der Waals surface area contributed by atoms with Gasteiger partial charge in [0.15, 0.2) is 0 Å². The minimum atomic E-state index is -0.698. The van der Waals surface area contributed by atoms with Crippen LogP contribution in [0.4, 0.5) is 0 Å². The van der Waals surface area contributed by atoms with E-state index >= 15 is 0 Å². The first kappa shape index (κ1) is 16.7. The van der Waals surface area contributed by atoms with Gasteiger partial charge in [-0.25, -0.2) is 10.4 Å². The number of allylic oxidation sites excluding steroid dienone is 1. The average Bonchev–Trinajstić information content (AvgIpc) is 2.83. The monoisotopic (exact) mass is 333 g/mol. The van der Waals surface area contributed by atoms with Crippen LogP contribution in [0, 0.1) is 39.7 Å². The summed E-state index contributed by atoms with van der Waals surface area (Å²) in [6.45, 7) is 4.92. The van der Waals surface area contributed by atoms with Gasteiger partial charge < -0.3 is 5.21 Å². The number of hydroxylamine groups is 2. The predicted molar refractivity (Wildman–Crippen MR) is 91.2 cm³/mol. The number of ketones is 1. The molecule has 0 heterocycles. The largest absolute Gasteiger partial charge is 0.600 e. The predicted octanol–water partition coefficient (Wildman–Crippen LogP) is 2.91. The molecular formula is C20H31NO3. The molecule has 0 aromatic carbocycles. The minimum absolute atomic E-state index is 0.0384. The van der Waals surface area contributed by atoms with Crippen molar-refractivity contribution in [2.45, 2.75) is 65.2 Å². The van der Waals surface area contributed by atoms with Crippen LogP contribution in [-0.4, -0.2) is 17.5 Å². The van der Waals surface area contributed by atoms with Crippen molar-refractivity contribution >= 4 is 5.78 Å². The second-order valence-electron chi connectivity index (χ2n) is 9.42. The van der Waals surface area contributed by atoms with Crippen molar-refractivity contribution in [3.63, 3.8) is 0 Å². The summed E-state index contributed by atoms with van der Waals surface area (Å²) in [6.07, 6.45) is 10.9. The fraction of sp³-hybridized carbons (Fsp3) is 0.850. The molecule has 0 bridgehead atoms. The topological polar surface area (TPSA) is 64.8 Å². The van der Waals surface area contributed by atoms with Crippen molar-refractivity contribution < 1.29 is 15.2 Å². The molecule has 2 N–H and O–H groups in total. The van der Waals surface area contributed by atoms with Crippen molar-refractivity contribution in [1.29, 1.82) is 0 Å². The van der Waals surface area contributed by atoms with Gasteiger partial charge in [-0.3, -0.25) is 4.79 Å². The highest BCUT2D eigenvalue weighted by atomic mass is 16.8. The first-order valence-corrected chi connectivity index (χ1v) is 9.77. The number of nitrogens with one attached hydrogen (secondary N) is 1. The number of rotatable bonds is 2. The Labute approximate surface area is 144 Å². The molecule has 0 aromatic rings. The molecule has 7 atom stereocenters. The summed E-state index contributed by atoms with van der Waals surface area (Å²) < 4.78 is 0. The van der Waals surface area contributed by atoms with Gasteiger partial charge in [-0.2, -0.15) is 0 Å². The molecule has 0 aliphatic heterocycles. The Hall–Kier alpha value is -0.710. The summed E-state index contributed by atoms with van der Waals surface area (Å²) in [5.41, 5.74) is 1.42. The van der Waals surface area contributed by atoms with E-state index in [0.717, 1.165) is 43.6 Å². The molecule has 4 aliphatic carbocycles. The van der Waals surface area contributed by atoms with Crippen molar-refractivity contribution in [1.82, 2.24) is 0 Å². The van der Waals surface area contributed by atoms with Gasteiger partial charge >= 0.3 is 0 Å². The van der Waals surface area contributed by atoms with E-state index < -0.39 is 5.23 Å². The number of hydrogen-bond acceptors (Lipinski definition) is 3. The van der Waals surface area contributed by atoms with Crippen LogP contribution in [0.5, 0.6) is 0 Å². The molecule has 4 heteroatoms. The molecule has 3 saturated carbocycles. The Morgan fingerprint density at radius 2 is 2.04 bits per heavy atom. The highest BCUT2D eigenvalue weighted by Crippen LogP contribution is 2.65. The number of carbonyl (C=O) groups is 1. The zero-order valence-corrected chi connectivity index (χ0v) is 15.0. The molecule has 0 saturated heterocycles. The van der Waals surface area contributed by atoms with E-state index in [1.54, 1.807) is 0 Å². The summed E-state index contributed by atoms with van der Waals surface area (Å²) in [5.74, 6) is 3.20. The molecule has 4 aliphatic rings. The van der Waals surface area contributed by atoms with E-state index in [4.69, 9.17) is 5.21 Å². The number of hydrogen-bond donors (Lipinski definition) is 2. The summed E-state index contributed by atoms with van der Waals surface area (Å²) in [4.78, 5) is 12.4. The van der Waals surface area contributed by atoms with E-state index in [1.165, 1.54) is 19.3 Å². The van der Waals surface area contributed by atoms with Crippen LogP contribution in [0.2, 0.25) is 0 Å². The van der Waals surface area contributed by atoms with Crippen LogP contribution in [0.15, 0.2) is 11.6 Å². The van der Waals surface area contributed by atoms with Crippen molar-refractivity contribution in [2.24, 2.45) is 34.5 Å². The molecule has 134 valence electrons. The maximum Gasteiger partial charge on any atom is 0.139 e. The van der Waals surface area contributed by atoms with Crippen LogP contribution in [0.1, 0.15) is 65.2 Å². The quantitative estimate of drug-likeness (QED) is 0.603. The van der Waals surface area contributed by atoms with Crippen molar-refractivity contribution in [3.8, 4) is 0 Å². The smallest absolute Gasteiger partial charge is 0.139 e. The maximum atomic E-state index is 12.4. The fourth-order valence-corrected chi connectivity index (χ4v) is 7.06. The van der Waals surface area contributed by atoms with E-state index in [9.17, 15) is 10.0 Å². The summed E-state index contributed by atoms with van der Waals surface area (Å²) in [7, 11) is 0. The number of carbonyl (C=O) groups excluding carboxylic acids is 1. The summed E-state index contributed by atoms with van der Waals surface area (Å²) in [5, 5.41) is 19.5. The van der Waals surface area contributed by atoms with Gasteiger partial charge in [-0.05, 0) is 79.6 Å². The van der Waals surface area contributed by atoms with Crippen LogP contribution in [0.25, 0.3) is 0 Å². The molecule has 0 amide bonds. The highest BCUT2D eigenvalue weighted by Gasteiger charge is 2.59. The van der Waals surface area contributed by atoms with Gasteiger partial charge in [0.1, 0.15) is 12.3 Å². The van der Waals surface area contributed by atoms with Gasteiger partial charge in [0.25, 0.3) is 0 Å². The lowest BCUT2D eigenvalue weighted by Gasteiger charge is -2.59. The number of fused-ring (bicyclic) bond motifs is 5. The van der Waals surface area contributed by atoms with Gasteiger partial charge in [0.2, 0.25) is 0 Å². The van der Waals surface area contributed by atoms with Crippen LogP contribution < -0.4 is 5.23 Å². The Bertz CT molecular complexity index is 571. The van der Waals surface area contributed by atoms with Gasteiger partial charge in [-0.15, -0.1) is 0 Å². The molecule has 24 heavy (non-hydrogen) atoms. The third-order valence-corrected chi connectivity index (χ3v) is 8.49. The van der Waals surface area contributed by atoms with Crippen LogP contribution in [-0.2, 0) is 4.79 Å². The zero-order valence-electron chi connectivity index (χ0n) is 15.0. The van der Waals surface area contributed by atoms with Crippen molar-refractivity contribution in [3.05, 3.63) is 16.9 Å². The minimum Gasteiger partial charge on any atom is -0.600 e. The second-order valence-corrected chi connectivity index (χ2v) is 9.42. The SMILES string of the molecule is C[C@]12CC=C(C[NH+]([O-])O)C[C@@H]1CC[C@H]1[C@H]2CC[C@]2(C)C(=O)CC[C@@H]12. The second kappa shape index (κ2) is 5.65. The molecule has 3 fully saturated rings. The van der Waals surface area contributed by atoms with Gasteiger partial charge in [0, 0.05) is 11.8 Å². The summed E-state index contributed by atoms with van der Waals surface area (Å²) in [6, 6.07) is 0. The first-order chi connectivity index (χ1) is 11.3. The zero-order chi connectivity index (χ0) is 17.1. The van der Waals surface area contributed by atoms with Gasteiger partial charge in [-0.1, -0.05) is 19.9 Å². The Kier molecular flexibility index (Phi) is 3.94. The summed E-state index contributed by atoms with van der Waals surface area (Å²) >= 11 is 0. The van der Waals surface area contributed by atoms with Crippen molar-refractivity contribution in [2.75, 3.05) is 6.54 Å². The van der Waals surface area contributed by atoms with E-state index in [2.05, 4.69) is 19.9 Å². The average molecular weight is 333 g/mol. The fourth-order valence-electron chi connectivity index (χ4n) is 7.06. The van der Waals surface area contributed by atoms with Crippen LogP contribution >= 0.6 is 0 Å². The lowest BCUT2D eigenvalue weighted by molar-refractivity contribution is -1.04. The lowest BCUT2D eigenvalue weighted by Crippen LogP contribution is -3.04. The molecule has 0 spiro atoms. The van der Waals surface area contributed by atoms with E-state index in [1.807, 2.05) is 0 Å². The molecular weight excluding hydrogens is 302 g/mol. The van der Waals surface area contributed by atoms with Gasteiger partial charge in [0.05, 0.1) is 0 Å².